The number of nitro benzene ring substituents is 1. The lowest BCUT2D eigenvalue weighted by molar-refractivity contribution is -0.384. The second-order valence-corrected chi connectivity index (χ2v) is 15.8. The van der Waals surface area contributed by atoms with Gasteiger partial charge in [-0.15, -0.1) is 22.0 Å². The molecule has 0 saturated carbocycles. The predicted octanol–water partition coefficient (Wildman–Crippen LogP) is 5.88. The molecule has 3 aromatic carbocycles. The number of amides is 2. The van der Waals surface area contributed by atoms with Crippen molar-refractivity contribution in [2.75, 3.05) is 55.3 Å². The van der Waals surface area contributed by atoms with Crippen LogP contribution in [0.1, 0.15) is 44.5 Å². The molecule has 20 heteroatoms. The van der Waals surface area contributed by atoms with E-state index in [-0.39, 0.29) is 48.7 Å². The molecule has 1 fully saturated rings. The number of pyridine rings is 1. The standard InChI is InChI=1S/C40H35F3N8O7S2/c1-2-58-31-22-28(25-44-26-31)9-8-27-20-29(23-30(21-27)40(41,42)43)39(53)50-17-15-49(16-18-50)37-13-12-35(46-47-37)38(52)48-60(56,57)33-10-11-34(36(24-33)51(54)55)45-14-19-59-32-6-4-3-5-7-32/h3-7,10-13,20-26,45H,2,14-19H2,1H3,(H,48,52). The number of carbonyl (C=O) groups is 2. The van der Waals surface area contributed by atoms with Crippen molar-refractivity contribution in [2.24, 2.45) is 0 Å². The molecule has 0 spiro atoms. The van der Waals surface area contributed by atoms with E-state index in [1.54, 1.807) is 17.9 Å². The van der Waals surface area contributed by atoms with E-state index in [1.165, 1.54) is 53.3 Å². The summed E-state index contributed by atoms with van der Waals surface area (Å²) in [4.78, 5) is 45.2. The van der Waals surface area contributed by atoms with Crippen LogP contribution in [0.2, 0.25) is 0 Å². The molecular formula is C40H35F3N8O7S2. The molecule has 1 saturated heterocycles. The Labute approximate surface area is 346 Å². The van der Waals surface area contributed by atoms with Crippen LogP contribution in [0.4, 0.5) is 30.4 Å². The quantitative estimate of drug-likeness (QED) is 0.0470. The van der Waals surface area contributed by atoms with E-state index in [0.717, 1.165) is 29.2 Å². The predicted molar refractivity (Wildman–Crippen MR) is 216 cm³/mol. The van der Waals surface area contributed by atoms with Crippen molar-refractivity contribution in [3.05, 3.63) is 135 Å². The van der Waals surface area contributed by atoms with Crippen LogP contribution in [0.5, 0.6) is 5.75 Å². The minimum atomic E-state index is -4.74. The molecule has 310 valence electrons. The molecule has 0 radical (unpaired) electrons. The summed E-state index contributed by atoms with van der Waals surface area (Å²) in [5, 5.41) is 22.6. The summed E-state index contributed by atoms with van der Waals surface area (Å²) in [6.45, 7) is 3.19. The summed E-state index contributed by atoms with van der Waals surface area (Å²) in [6, 6.07) is 20.0. The van der Waals surface area contributed by atoms with Gasteiger partial charge in [0.15, 0.2) is 11.5 Å². The van der Waals surface area contributed by atoms with Crippen molar-refractivity contribution in [3.8, 4) is 17.6 Å². The van der Waals surface area contributed by atoms with Gasteiger partial charge in [0, 0.05) is 72.3 Å². The zero-order valence-electron chi connectivity index (χ0n) is 31.7. The molecule has 3 heterocycles. The third kappa shape index (κ3) is 11.1. The van der Waals surface area contributed by atoms with Gasteiger partial charge in [-0.05, 0) is 67.6 Å². The van der Waals surface area contributed by atoms with Gasteiger partial charge in [-0.1, -0.05) is 30.0 Å². The number of carbonyl (C=O) groups excluding carboxylic acids is 2. The molecule has 1 aliphatic heterocycles. The summed E-state index contributed by atoms with van der Waals surface area (Å²) in [6.07, 6.45) is -1.81. The average Bonchev–Trinajstić information content (AvgIpc) is 3.24. The van der Waals surface area contributed by atoms with Crippen molar-refractivity contribution in [1.29, 1.82) is 0 Å². The first-order valence-corrected chi connectivity index (χ1v) is 20.6. The van der Waals surface area contributed by atoms with Crippen LogP contribution in [0.3, 0.4) is 0 Å². The van der Waals surface area contributed by atoms with Crippen LogP contribution in [0.15, 0.2) is 107 Å². The Morgan fingerprint density at radius 1 is 0.933 bits per heavy atom. The summed E-state index contributed by atoms with van der Waals surface area (Å²) in [7, 11) is -4.57. The average molecular weight is 861 g/mol. The van der Waals surface area contributed by atoms with E-state index in [2.05, 4.69) is 32.3 Å². The molecule has 2 amide bonds. The molecule has 0 atom stereocenters. The lowest BCUT2D eigenvalue weighted by atomic mass is 10.0. The van der Waals surface area contributed by atoms with Gasteiger partial charge in [0.05, 0.1) is 28.2 Å². The van der Waals surface area contributed by atoms with Crippen LogP contribution >= 0.6 is 11.8 Å². The Morgan fingerprint density at radius 3 is 2.37 bits per heavy atom. The van der Waals surface area contributed by atoms with E-state index < -0.39 is 49.1 Å². The normalized spacial score (nSPS) is 12.9. The van der Waals surface area contributed by atoms with E-state index in [9.17, 15) is 41.3 Å². The van der Waals surface area contributed by atoms with Crippen molar-refractivity contribution in [2.45, 2.75) is 22.9 Å². The number of hydrogen-bond donors (Lipinski definition) is 2. The largest absolute Gasteiger partial charge is 0.492 e. The second kappa shape index (κ2) is 18.9. The van der Waals surface area contributed by atoms with Gasteiger partial charge in [0.1, 0.15) is 11.4 Å². The molecule has 0 unspecified atom stereocenters. The number of ether oxygens (including phenoxy) is 1. The van der Waals surface area contributed by atoms with Gasteiger partial charge in [0.25, 0.3) is 27.5 Å². The molecule has 15 nitrogen and oxygen atoms in total. The molecule has 2 aromatic heterocycles. The third-order valence-corrected chi connectivity index (χ3v) is 11.1. The summed E-state index contributed by atoms with van der Waals surface area (Å²) in [5.41, 5.74) is -1.57. The Bertz CT molecular complexity index is 2550. The number of alkyl halides is 3. The van der Waals surface area contributed by atoms with Crippen molar-refractivity contribution >= 4 is 50.8 Å². The van der Waals surface area contributed by atoms with Gasteiger partial charge < -0.3 is 19.9 Å². The Balaban J connectivity index is 1.06. The number of piperazine rings is 1. The fourth-order valence-electron chi connectivity index (χ4n) is 5.88. The Hall–Kier alpha value is -6.72. The van der Waals surface area contributed by atoms with E-state index in [4.69, 9.17) is 4.74 Å². The number of anilines is 2. The van der Waals surface area contributed by atoms with Crippen molar-refractivity contribution in [1.82, 2.24) is 24.8 Å². The summed E-state index contributed by atoms with van der Waals surface area (Å²) in [5.74, 6) is 5.04. The van der Waals surface area contributed by atoms with Gasteiger partial charge >= 0.3 is 6.18 Å². The zero-order chi connectivity index (χ0) is 42.9. The van der Waals surface area contributed by atoms with E-state index in [0.29, 0.717) is 36.0 Å². The summed E-state index contributed by atoms with van der Waals surface area (Å²) >= 11 is 1.54. The number of aromatic nitrogens is 3. The van der Waals surface area contributed by atoms with Crippen molar-refractivity contribution < 1.29 is 40.8 Å². The van der Waals surface area contributed by atoms with Gasteiger partial charge in [-0.3, -0.25) is 24.7 Å². The SMILES string of the molecule is CCOc1cncc(C#Cc2cc(C(=O)N3CCN(c4ccc(C(=O)NS(=O)(=O)c5ccc(NCCSc6ccccc6)c([N+](=O)[O-])c5)nn4)CC3)cc(C(F)(F)F)c2)c1. The highest BCUT2D eigenvalue weighted by molar-refractivity contribution is 7.99. The van der Waals surface area contributed by atoms with Crippen LogP contribution in [0.25, 0.3) is 0 Å². The highest BCUT2D eigenvalue weighted by Gasteiger charge is 2.33. The van der Waals surface area contributed by atoms with E-state index in [1.807, 2.05) is 35.1 Å². The number of benzene rings is 3. The number of halogens is 3. The molecule has 1 aliphatic rings. The van der Waals surface area contributed by atoms with Crippen LogP contribution in [0, 0.1) is 22.0 Å². The van der Waals surface area contributed by atoms with Crippen LogP contribution < -0.4 is 19.7 Å². The first-order chi connectivity index (χ1) is 28.7. The first kappa shape index (κ1) is 42.9. The zero-order valence-corrected chi connectivity index (χ0v) is 33.3. The molecule has 0 aliphatic carbocycles. The molecular weight excluding hydrogens is 826 g/mol. The molecule has 2 N–H and O–H groups in total. The highest BCUT2D eigenvalue weighted by Crippen LogP contribution is 2.32. The smallest absolute Gasteiger partial charge is 0.416 e. The second-order valence-electron chi connectivity index (χ2n) is 12.9. The number of nitrogens with one attached hydrogen (secondary N) is 2. The molecule has 6 rings (SSSR count). The third-order valence-electron chi connectivity index (χ3n) is 8.79. The number of hydrogen-bond acceptors (Lipinski definition) is 13. The first-order valence-electron chi connectivity index (χ1n) is 18.2. The highest BCUT2D eigenvalue weighted by atomic mass is 32.2. The maximum Gasteiger partial charge on any atom is 0.416 e. The van der Waals surface area contributed by atoms with Crippen LogP contribution in [-0.2, 0) is 16.2 Å². The number of nitro groups is 1. The van der Waals surface area contributed by atoms with Gasteiger partial charge in [-0.2, -0.15) is 13.2 Å². The maximum absolute atomic E-state index is 13.9. The summed E-state index contributed by atoms with van der Waals surface area (Å²) < 4.78 is 75.1. The van der Waals surface area contributed by atoms with Crippen LogP contribution in [-0.4, -0.2) is 90.3 Å². The molecule has 0 bridgehead atoms. The Morgan fingerprint density at radius 2 is 1.68 bits per heavy atom. The Kier molecular flexibility index (Phi) is 13.5. The molecule has 60 heavy (non-hydrogen) atoms. The topological polar surface area (TPSA) is 190 Å². The number of thioether (sulfide) groups is 1. The number of nitrogens with zero attached hydrogens (tertiary/aromatic N) is 6. The fourth-order valence-corrected chi connectivity index (χ4v) is 7.65. The van der Waals surface area contributed by atoms with Crippen molar-refractivity contribution in [3.63, 3.8) is 0 Å². The van der Waals surface area contributed by atoms with Gasteiger partial charge in [0.2, 0.25) is 0 Å². The maximum atomic E-state index is 13.9. The minimum absolute atomic E-state index is 0.0163. The monoisotopic (exact) mass is 860 g/mol. The lowest BCUT2D eigenvalue weighted by Crippen LogP contribution is -2.49. The molecule has 5 aromatic rings. The van der Waals surface area contributed by atoms with E-state index >= 15 is 0 Å². The minimum Gasteiger partial charge on any atom is -0.492 e. The fraction of sp³-hybridized carbons (Fsp3) is 0.225. The lowest BCUT2D eigenvalue weighted by Gasteiger charge is -2.35. The number of sulfonamides is 1. The van der Waals surface area contributed by atoms with Gasteiger partial charge in [-0.25, -0.2) is 13.1 Å². The number of rotatable bonds is 13.